The van der Waals surface area contributed by atoms with E-state index in [0.29, 0.717) is 12.8 Å². The van der Waals surface area contributed by atoms with Crippen LogP contribution in [0.4, 0.5) is 5.69 Å². The van der Waals surface area contributed by atoms with Crippen molar-refractivity contribution in [1.82, 2.24) is 0 Å². The quantitative estimate of drug-likeness (QED) is 0.813. The van der Waals surface area contributed by atoms with E-state index in [1.54, 1.807) is 0 Å². The zero-order valence-corrected chi connectivity index (χ0v) is 8.77. The van der Waals surface area contributed by atoms with E-state index in [1.165, 1.54) is 0 Å². The fourth-order valence-corrected chi connectivity index (χ4v) is 2.02. The Morgan fingerprint density at radius 3 is 2.88 bits per heavy atom. The van der Waals surface area contributed by atoms with Crippen molar-refractivity contribution in [3.63, 3.8) is 0 Å². The molecule has 4 nitrogen and oxygen atoms in total. The molecule has 0 bridgehead atoms. The maximum Gasteiger partial charge on any atom is 0.303 e. The van der Waals surface area contributed by atoms with Crippen molar-refractivity contribution in [3.05, 3.63) is 29.8 Å². The summed E-state index contributed by atoms with van der Waals surface area (Å²) in [4.78, 5) is 22.0. The van der Waals surface area contributed by atoms with Gasteiger partial charge in [0.15, 0.2) is 0 Å². The zero-order chi connectivity index (χ0) is 11.5. The molecule has 1 aliphatic rings. The Kier molecular flexibility index (Phi) is 2.90. The summed E-state index contributed by atoms with van der Waals surface area (Å²) >= 11 is 0. The first-order valence-electron chi connectivity index (χ1n) is 5.30. The number of carboxylic acids is 1. The second-order valence-electron chi connectivity index (χ2n) is 3.92. The molecule has 0 aromatic heterocycles. The molecule has 0 saturated carbocycles. The molecule has 0 aliphatic carbocycles. The van der Waals surface area contributed by atoms with Gasteiger partial charge in [0.05, 0.1) is 5.92 Å². The van der Waals surface area contributed by atoms with Crippen molar-refractivity contribution in [2.24, 2.45) is 0 Å². The highest BCUT2D eigenvalue weighted by atomic mass is 16.4. The van der Waals surface area contributed by atoms with E-state index in [9.17, 15) is 9.59 Å². The fraction of sp³-hybridized carbons (Fsp3) is 0.333. The molecule has 1 atom stereocenters. The molecule has 1 aromatic carbocycles. The van der Waals surface area contributed by atoms with E-state index < -0.39 is 5.97 Å². The molecule has 1 amide bonds. The van der Waals surface area contributed by atoms with Gasteiger partial charge in [-0.05, 0) is 24.5 Å². The lowest BCUT2D eigenvalue weighted by molar-refractivity contribution is -0.137. The summed E-state index contributed by atoms with van der Waals surface area (Å²) in [6.07, 6.45) is 1.24. The van der Waals surface area contributed by atoms with E-state index in [1.807, 2.05) is 24.3 Å². The Morgan fingerprint density at radius 1 is 1.38 bits per heavy atom. The van der Waals surface area contributed by atoms with Gasteiger partial charge in [0.2, 0.25) is 5.91 Å². The smallest absolute Gasteiger partial charge is 0.303 e. The van der Waals surface area contributed by atoms with Crippen LogP contribution >= 0.6 is 0 Å². The van der Waals surface area contributed by atoms with Crippen molar-refractivity contribution in [2.75, 3.05) is 5.32 Å². The van der Waals surface area contributed by atoms with Crippen LogP contribution < -0.4 is 5.32 Å². The summed E-state index contributed by atoms with van der Waals surface area (Å²) in [5.41, 5.74) is 1.84. The van der Waals surface area contributed by atoms with Gasteiger partial charge in [-0.25, -0.2) is 0 Å². The fourth-order valence-electron chi connectivity index (χ4n) is 2.02. The first-order valence-corrected chi connectivity index (χ1v) is 5.30. The molecule has 1 aromatic rings. The van der Waals surface area contributed by atoms with E-state index in [4.69, 9.17) is 5.11 Å². The SMILES string of the molecule is O=C(O)CCC[C@H]1C(=O)Nc2ccccc21. The standard InChI is InChI=1S/C12H13NO3/c14-11(15)7-3-5-9-8-4-1-2-6-10(8)13-12(9)16/h1-2,4,6,9H,3,5,7H2,(H,13,16)(H,14,15)/t9-/m1/s1. The van der Waals surface area contributed by atoms with Gasteiger partial charge in [-0.3, -0.25) is 9.59 Å². The Balaban J connectivity index is 2.05. The summed E-state index contributed by atoms with van der Waals surface area (Å²) in [7, 11) is 0. The lowest BCUT2D eigenvalue weighted by Gasteiger charge is -2.06. The number of hydrogen-bond acceptors (Lipinski definition) is 2. The van der Waals surface area contributed by atoms with Gasteiger partial charge < -0.3 is 10.4 Å². The van der Waals surface area contributed by atoms with Crippen LogP contribution in [0.2, 0.25) is 0 Å². The first-order chi connectivity index (χ1) is 7.68. The molecular formula is C12H13NO3. The number of aliphatic carboxylic acids is 1. The Labute approximate surface area is 93.3 Å². The van der Waals surface area contributed by atoms with Gasteiger partial charge in [0, 0.05) is 12.1 Å². The number of para-hydroxylation sites is 1. The maximum absolute atomic E-state index is 11.6. The summed E-state index contributed by atoms with van der Waals surface area (Å²) in [6.45, 7) is 0. The number of carbonyl (C=O) groups excluding carboxylic acids is 1. The van der Waals surface area contributed by atoms with Gasteiger partial charge in [-0.15, -0.1) is 0 Å². The highest BCUT2D eigenvalue weighted by Gasteiger charge is 2.29. The maximum atomic E-state index is 11.6. The summed E-state index contributed by atoms with van der Waals surface area (Å²) in [5, 5.41) is 11.3. The summed E-state index contributed by atoms with van der Waals surface area (Å²) in [5.74, 6) is -1.02. The summed E-state index contributed by atoms with van der Waals surface area (Å²) < 4.78 is 0. The first kappa shape index (κ1) is 10.7. The predicted molar refractivity (Wildman–Crippen MR) is 59.3 cm³/mol. The number of fused-ring (bicyclic) bond motifs is 1. The van der Waals surface area contributed by atoms with E-state index >= 15 is 0 Å². The van der Waals surface area contributed by atoms with Crippen LogP contribution in [0.3, 0.4) is 0 Å². The lowest BCUT2D eigenvalue weighted by atomic mass is 9.95. The zero-order valence-electron chi connectivity index (χ0n) is 8.77. The van der Waals surface area contributed by atoms with E-state index in [-0.39, 0.29) is 18.2 Å². The van der Waals surface area contributed by atoms with Crippen molar-refractivity contribution in [1.29, 1.82) is 0 Å². The third kappa shape index (κ3) is 2.05. The highest BCUT2D eigenvalue weighted by molar-refractivity contribution is 6.02. The number of hydrogen-bond donors (Lipinski definition) is 2. The molecule has 0 radical (unpaired) electrons. The van der Waals surface area contributed by atoms with Gasteiger partial charge in [0.1, 0.15) is 0 Å². The average molecular weight is 219 g/mol. The average Bonchev–Trinajstić information content (AvgIpc) is 2.55. The van der Waals surface area contributed by atoms with Gasteiger partial charge in [-0.2, -0.15) is 0 Å². The molecule has 0 fully saturated rings. The minimum Gasteiger partial charge on any atom is -0.481 e. The number of carboxylic acid groups (broad SMARTS) is 1. The second kappa shape index (κ2) is 4.35. The molecule has 0 saturated heterocycles. The third-order valence-corrected chi connectivity index (χ3v) is 2.79. The van der Waals surface area contributed by atoms with Crippen LogP contribution in [0.25, 0.3) is 0 Å². The van der Waals surface area contributed by atoms with Crippen LogP contribution in [0.15, 0.2) is 24.3 Å². The molecule has 1 heterocycles. The lowest BCUT2D eigenvalue weighted by Crippen LogP contribution is -2.12. The molecule has 2 rings (SSSR count). The second-order valence-corrected chi connectivity index (χ2v) is 3.92. The number of rotatable bonds is 4. The van der Waals surface area contributed by atoms with Crippen LogP contribution in [-0.2, 0) is 9.59 Å². The van der Waals surface area contributed by atoms with Crippen LogP contribution in [-0.4, -0.2) is 17.0 Å². The Hall–Kier alpha value is -1.84. The van der Waals surface area contributed by atoms with Crippen LogP contribution in [0.1, 0.15) is 30.7 Å². The molecular weight excluding hydrogens is 206 g/mol. The number of anilines is 1. The molecule has 0 spiro atoms. The molecule has 16 heavy (non-hydrogen) atoms. The topological polar surface area (TPSA) is 66.4 Å². The number of carbonyl (C=O) groups is 2. The molecule has 84 valence electrons. The van der Waals surface area contributed by atoms with Gasteiger partial charge in [0.25, 0.3) is 0 Å². The summed E-state index contributed by atoms with van der Waals surface area (Å²) in [6, 6.07) is 7.55. The highest BCUT2D eigenvalue weighted by Crippen LogP contribution is 2.35. The van der Waals surface area contributed by atoms with Gasteiger partial charge >= 0.3 is 5.97 Å². The third-order valence-electron chi connectivity index (χ3n) is 2.79. The van der Waals surface area contributed by atoms with Crippen molar-refractivity contribution >= 4 is 17.6 Å². The minimum atomic E-state index is -0.813. The van der Waals surface area contributed by atoms with Crippen molar-refractivity contribution in [3.8, 4) is 0 Å². The molecule has 4 heteroatoms. The minimum absolute atomic E-state index is 0.0217. The Bertz CT molecular complexity index is 428. The largest absolute Gasteiger partial charge is 0.481 e. The molecule has 0 unspecified atom stereocenters. The van der Waals surface area contributed by atoms with E-state index in [2.05, 4.69) is 5.32 Å². The predicted octanol–water partition coefficient (Wildman–Crippen LogP) is 1.98. The monoisotopic (exact) mass is 219 g/mol. The number of benzene rings is 1. The number of nitrogens with one attached hydrogen (secondary N) is 1. The van der Waals surface area contributed by atoms with Crippen molar-refractivity contribution < 1.29 is 14.7 Å². The normalized spacial score (nSPS) is 18.0. The Morgan fingerprint density at radius 2 is 2.12 bits per heavy atom. The van der Waals surface area contributed by atoms with Crippen molar-refractivity contribution in [2.45, 2.75) is 25.2 Å². The van der Waals surface area contributed by atoms with E-state index in [0.717, 1.165) is 11.3 Å². The van der Waals surface area contributed by atoms with Crippen LogP contribution in [0, 0.1) is 0 Å². The molecule has 1 aliphatic heterocycles. The number of amides is 1. The van der Waals surface area contributed by atoms with Gasteiger partial charge in [-0.1, -0.05) is 18.2 Å². The molecule has 2 N–H and O–H groups in total. The van der Waals surface area contributed by atoms with Crippen LogP contribution in [0.5, 0.6) is 0 Å².